The van der Waals surface area contributed by atoms with Crippen LogP contribution in [0.4, 0.5) is 10.5 Å². The van der Waals surface area contributed by atoms with Gasteiger partial charge in [-0.3, -0.25) is 14.9 Å². The Bertz CT molecular complexity index is 1320. The lowest BCUT2D eigenvalue weighted by Gasteiger charge is -2.28. The van der Waals surface area contributed by atoms with Crippen molar-refractivity contribution >= 4 is 29.6 Å². The topological polar surface area (TPSA) is 75.7 Å². The molecule has 4 rings (SSSR count). The Morgan fingerprint density at radius 3 is 2.32 bits per heavy atom. The zero-order valence-corrected chi connectivity index (χ0v) is 19.6. The predicted molar refractivity (Wildman–Crippen MR) is 132 cm³/mol. The number of para-hydroxylation sites is 1. The second-order valence-electron chi connectivity index (χ2n) is 8.50. The number of amides is 4. The molecule has 3 aromatic rings. The van der Waals surface area contributed by atoms with E-state index in [1.165, 1.54) is 6.08 Å². The van der Waals surface area contributed by atoms with Gasteiger partial charge >= 0.3 is 6.03 Å². The molecule has 0 spiro atoms. The van der Waals surface area contributed by atoms with Crippen molar-refractivity contribution in [2.24, 2.45) is 0 Å². The van der Waals surface area contributed by atoms with Crippen LogP contribution in [0.3, 0.4) is 0 Å². The number of anilines is 1. The highest BCUT2D eigenvalue weighted by molar-refractivity contribution is 6.39. The summed E-state index contributed by atoms with van der Waals surface area (Å²) in [5, 5.41) is 2.28. The van der Waals surface area contributed by atoms with Crippen molar-refractivity contribution in [2.45, 2.75) is 34.3 Å². The number of carbonyl (C=O) groups is 3. The lowest BCUT2D eigenvalue weighted by Crippen LogP contribution is -2.54. The molecule has 1 heterocycles. The van der Waals surface area contributed by atoms with Gasteiger partial charge in [-0.1, -0.05) is 59.7 Å². The molecular formula is C28H26N2O4. The molecule has 1 aliphatic heterocycles. The van der Waals surface area contributed by atoms with E-state index in [1.54, 1.807) is 30.3 Å². The number of nitrogens with zero attached hydrogens (tertiary/aromatic N) is 1. The van der Waals surface area contributed by atoms with E-state index in [0.29, 0.717) is 23.6 Å². The minimum absolute atomic E-state index is 0.136. The fraction of sp³-hybridized carbons (Fsp3) is 0.179. The summed E-state index contributed by atoms with van der Waals surface area (Å²) < 4.78 is 6.04. The van der Waals surface area contributed by atoms with Crippen LogP contribution in [0.1, 0.15) is 33.4 Å². The molecule has 0 saturated carbocycles. The first-order valence-electron chi connectivity index (χ1n) is 11.0. The fourth-order valence-electron chi connectivity index (χ4n) is 4.05. The predicted octanol–water partition coefficient (Wildman–Crippen LogP) is 5.17. The monoisotopic (exact) mass is 454 g/mol. The zero-order valence-electron chi connectivity index (χ0n) is 19.6. The van der Waals surface area contributed by atoms with Gasteiger partial charge in [0.05, 0.1) is 5.69 Å². The van der Waals surface area contributed by atoms with Crippen molar-refractivity contribution in [3.8, 4) is 5.75 Å². The van der Waals surface area contributed by atoms with E-state index in [2.05, 4.69) is 23.5 Å². The summed E-state index contributed by atoms with van der Waals surface area (Å²) in [5.41, 5.74) is 5.92. The molecule has 1 aliphatic rings. The number of carbonyl (C=O) groups excluding carboxylic acids is 3. The third-order valence-corrected chi connectivity index (χ3v) is 5.81. The van der Waals surface area contributed by atoms with Crippen molar-refractivity contribution in [2.75, 3.05) is 4.90 Å². The van der Waals surface area contributed by atoms with Gasteiger partial charge in [-0.25, -0.2) is 9.69 Å². The summed E-state index contributed by atoms with van der Waals surface area (Å²) in [6.45, 7) is 8.14. The Labute approximate surface area is 198 Å². The normalized spacial score (nSPS) is 15.0. The summed E-state index contributed by atoms with van der Waals surface area (Å²) in [7, 11) is 0. The van der Waals surface area contributed by atoms with E-state index in [9.17, 15) is 14.4 Å². The minimum atomic E-state index is -0.764. The Morgan fingerprint density at radius 2 is 1.59 bits per heavy atom. The molecule has 3 aromatic carbocycles. The van der Waals surface area contributed by atoms with E-state index < -0.39 is 17.8 Å². The molecule has 34 heavy (non-hydrogen) atoms. The number of benzene rings is 3. The van der Waals surface area contributed by atoms with Crippen LogP contribution in [-0.4, -0.2) is 17.8 Å². The van der Waals surface area contributed by atoms with Gasteiger partial charge in [0, 0.05) is 5.56 Å². The van der Waals surface area contributed by atoms with Crippen LogP contribution < -0.4 is 15.0 Å². The van der Waals surface area contributed by atoms with Crippen molar-refractivity contribution in [3.63, 3.8) is 0 Å². The largest absolute Gasteiger partial charge is 0.488 e. The van der Waals surface area contributed by atoms with E-state index in [4.69, 9.17) is 4.74 Å². The van der Waals surface area contributed by atoms with Crippen LogP contribution in [0.2, 0.25) is 0 Å². The Kier molecular flexibility index (Phi) is 6.32. The Balaban J connectivity index is 1.66. The molecular weight excluding hydrogens is 428 g/mol. The lowest BCUT2D eigenvalue weighted by atomic mass is 10.0. The van der Waals surface area contributed by atoms with E-state index in [0.717, 1.165) is 32.7 Å². The number of nitrogens with one attached hydrogen (secondary N) is 1. The highest BCUT2D eigenvalue weighted by atomic mass is 16.5. The van der Waals surface area contributed by atoms with Gasteiger partial charge in [0.15, 0.2) is 0 Å². The first kappa shape index (κ1) is 23.0. The number of ether oxygens (including phenoxy) is 1. The molecule has 1 N–H and O–H groups in total. The van der Waals surface area contributed by atoms with E-state index in [1.807, 2.05) is 39.8 Å². The summed E-state index contributed by atoms with van der Waals surface area (Å²) in [4.78, 5) is 39.5. The van der Waals surface area contributed by atoms with Gasteiger partial charge in [0.2, 0.25) is 0 Å². The number of hydrogen-bond donors (Lipinski definition) is 1. The second kappa shape index (κ2) is 9.35. The molecule has 0 atom stereocenters. The lowest BCUT2D eigenvalue weighted by molar-refractivity contribution is -0.122. The van der Waals surface area contributed by atoms with E-state index in [-0.39, 0.29) is 5.57 Å². The average molecular weight is 455 g/mol. The van der Waals surface area contributed by atoms with Crippen LogP contribution in [-0.2, 0) is 16.2 Å². The summed E-state index contributed by atoms with van der Waals surface area (Å²) in [6.07, 6.45) is 1.47. The van der Waals surface area contributed by atoms with Gasteiger partial charge in [0.1, 0.15) is 17.9 Å². The Hall–Kier alpha value is -4.19. The van der Waals surface area contributed by atoms with Crippen molar-refractivity contribution in [3.05, 3.63) is 99.6 Å². The fourth-order valence-corrected chi connectivity index (χ4v) is 4.05. The molecule has 0 aliphatic carbocycles. The molecule has 0 unspecified atom stereocenters. The first-order chi connectivity index (χ1) is 16.2. The molecule has 172 valence electrons. The van der Waals surface area contributed by atoms with Crippen molar-refractivity contribution in [1.29, 1.82) is 0 Å². The number of urea groups is 1. The number of barbiturate groups is 1. The number of aryl methyl sites for hydroxylation is 3. The molecule has 4 amide bonds. The highest BCUT2D eigenvalue weighted by Crippen LogP contribution is 2.29. The molecule has 0 aromatic heterocycles. The number of hydrogen-bond acceptors (Lipinski definition) is 4. The van der Waals surface area contributed by atoms with Gasteiger partial charge < -0.3 is 4.74 Å². The third kappa shape index (κ3) is 4.62. The van der Waals surface area contributed by atoms with E-state index >= 15 is 0 Å². The maximum atomic E-state index is 13.3. The Morgan fingerprint density at radius 1 is 0.882 bits per heavy atom. The summed E-state index contributed by atoms with van der Waals surface area (Å²) in [6, 6.07) is 18.0. The maximum Gasteiger partial charge on any atom is 0.335 e. The van der Waals surface area contributed by atoms with Crippen molar-refractivity contribution < 1.29 is 19.1 Å². The van der Waals surface area contributed by atoms with Gasteiger partial charge in [0.25, 0.3) is 11.8 Å². The molecule has 6 nitrogen and oxygen atoms in total. The van der Waals surface area contributed by atoms with Crippen molar-refractivity contribution in [1.82, 2.24) is 5.32 Å². The SMILES string of the molecule is Cc1cc(C)cc(COc2ccccc2/C=C2\C(=O)NC(=O)N(c3cccc(C)c3C)C2=O)c1. The number of imide groups is 2. The quantitative estimate of drug-likeness (QED) is 0.427. The molecule has 1 fully saturated rings. The maximum absolute atomic E-state index is 13.3. The van der Waals surface area contributed by atoms with Crippen LogP contribution in [0.15, 0.2) is 66.2 Å². The van der Waals surface area contributed by atoms with Gasteiger partial charge in [-0.05, 0) is 62.6 Å². The summed E-state index contributed by atoms with van der Waals surface area (Å²) >= 11 is 0. The van der Waals surface area contributed by atoms with Crippen LogP contribution in [0.5, 0.6) is 5.75 Å². The van der Waals surface area contributed by atoms with Crippen LogP contribution in [0, 0.1) is 27.7 Å². The second-order valence-corrected chi connectivity index (χ2v) is 8.50. The van der Waals surface area contributed by atoms with Crippen LogP contribution >= 0.6 is 0 Å². The summed E-state index contributed by atoms with van der Waals surface area (Å²) in [5.74, 6) is -0.878. The minimum Gasteiger partial charge on any atom is -0.488 e. The first-order valence-corrected chi connectivity index (χ1v) is 11.0. The zero-order chi connectivity index (χ0) is 24.4. The third-order valence-electron chi connectivity index (χ3n) is 5.81. The molecule has 0 bridgehead atoms. The highest BCUT2D eigenvalue weighted by Gasteiger charge is 2.37. The number of rotatable bonds is 5. The van der Waals surface area contributed by atoms with Crippen LogP contribution in [0.25, 0.3) is 6.08 Å². The molecule has 1 saturated heterocycles. The average Bonchev–Trinajstić information content (AvgIpc) is 2.78. The van der Waals surface area contributed by atoms with Gasteiger partial charge in [-0.2, -0.15) is 0 Å². The smallest absolute Gasteiger partial charge is 0.335 e. The standard InChI is InChI=1S/C28H26N2O4/c1-17-12-18(2)14-21(13-17)16-34-25-11-6-5-9-22(25)15-23-26(31)29-28(33)30(27(23)32)24-10-7-8-19(3)20(24)4/h5-15H,16H2,1-4H3,(H,29,31,33)/b23-15+. The molecule has 0 radical (unpaired) electrons. The molecule has 6 heteroatoms. The van der Waals surface area contributed by atoms with Gasteiger partial charge in [-0.15, -0.1) is 0 Å².